The number of benzene rings is 2. The Morgan fingerprint density at radius 1 is 1.14 bits per heavy atom. The van der Waals surface area contributed by atoms with Gasteiger partial charge in [-0.3, -0.25) is 14.3 Å². The summed E-state index contributed by atoms with van der Waals surface area (Å²) in [6, 6.07) is 14.1. The summed E-state index contributed by atoms with van der Waals surface area (Å²) in [5.74, 6) is -1.93. The van der Waals surface area contributed by atoms with Crippen LogP contribution in [0.25, 0.3) is 10.8 Å². The Morgan fingerprint density at radius 3 is 2.50 bits per heavy atom. The summed E-state index contributed by atoms with van der Waals surface area (Å²) in [6.45, 7) is 5.89. The standard InChI is InChI=1S/C22H25N3O3/c1-14(2)25-15(3)20(13-24-25)21(26)23-12-19(22(27)28)11-16-8-9-17-6-4-5-7-18(17)10-16/h4-10,13-14,19H,11-12H2,1-3H3,(H,23,26)(H,27,28). The maximum Gasteiger partial charge on any atom is 0.308 e. The Hall–Kier alpha value is -3.15. The monoisotopic (exact) mass is 379 g/mol. The van der Waals surface area contributed by atoms with Crippen molar-refractivity contribution in [2.24, 2.45) is 5.92 Å². The molecule has 28 heavy (non-hydrogen) atoms. The fourth-order valence-electron chi connectivity index (χ4n) is 3.38. The fourth-order valence-corrected chi connectivity index (χ4v) is 3.38. The summed E-state index contributed by atoms with van der Waals surface area (Å²) >= 11 is 0. The highest BCUT2D eigenvalue weighted by Crippen LogP contribution is 2.18. The van der Waals surface area contributed by atoms with Crippen molar-refractivity contribution in [3.05, 3.63) is 65.5 Å². The van der Waals surface area contributed by atoms with E-state index in [9.17, 15) is 14.7 Å². The van der Waals surface area contributed by atoms with Crippen LogP contribution in [-0.4, -0.2) is 33.3 Å². The molecule has 0 spiro atoms. The summed E-state index contributed by atoms with van der Waals surface area (Å²) < 4.78 is 1.78. The molecule has 146 valence electrons. The zero-order chi connectivity index (χ0) is 20.3. The molecule has 1 atom stereocenters. The lowest BCUT2D eigenvalue weighted by Crippen LogP contribution is -2.34. The van der Waals surface area contributed by atoms with E-state index in [1.54, 1.807) is 4.68 Å². The average Bonchev–Trinajstić information content (AvgIpc) is 3.06. The zero-order valence-electron chi connectivity index (χ0n) is 16.3. The van der Waals surface area contributed by atoms with Crippen molar-refractivity contribution < 1.29 is 14.7 Å². The Bertz CT molecular complexity index is 1010. The molecule has 1 amide bonds. The number of nitrogens with one attached hydrogen (secondary N) is 1. The normalized spacial score (nSPS) is 12.3. The summed E-state index contributed by atoms with van der Waals surface area (Å²) in [5.41, 5.74) is 2.18. The number of carboxylic acid groups (broad SMARTS) is 1. The molecule has 0 aliphatic heterocycles. The number of fused-ring (bicyclic) bond motifs is 1. The van der Waals surface area contributed by atoms with Gasteiger partial charge in [-0.15, -0.1) is 0 Å². The minimum absolute atomic E-state index is 0.0628. The van der Waals surface area contributed by atoms with Crippen LogP contribution in [0.1, 0.15) is 41.5 Å². The van der Waals surface area contributed by atoms with Crippen molar-refractivity contribution in [1.82, 2.24) is 15.1 Å². The summed E-state index contributed by atoms with van der Waals surface area (Å²) in [6.07, 6.45) is 1.88. The third-order valence-electron chi connectivity index (χ3n) is 4.93. The van der Waals surface area contributed by atoms with Gasteiger partial charge in [0.05, 0.1) is 17.7 Å². The molecule has 0 aliphatic carbocycles. The Balaban J connectivity index is 1.69. The van der Waals surface area contributed by atoms with Gasteiger partial charge in [0.15, 0.2) is 0 Å². The Labute approximate surface area is 164 Å². The molecule has 0 radical (unpaired) electrons. The zero-order valence-corrected chi connectivity index (χ0v) is 16.3. The van der Waals surface area contributed by atoms with E-state index in [1.807, 2.05) is 63.2 Å². The van der Waals surface area contributed by atoms with Crippen molar-refractivity contribution in [2.75, 3.05) is 6.54 Å². The van der Waals surface area contributed by atoms with Gasteiger partial charge in [0.1, 0.15) is 0 Å². The second kappa shape index (κ2) is 8.25. The lowest BCUT2D eigenvalue weighted by Gasteiger charge is -2.14. The first-order chi connectivity index (χ1) is 13.4. The number of amides is 1. The van der Waals surface area contributed by atoms with Crippen LogP contribution in [0.3, 0.4) is 0 Å². The van der Waals surface area contributed by atoms with Crippen LogP contribution >= 0.6 is 0 Å². The molecule has 3 rings (SSSR count). The SMILES string of the molecule is Cc1c(C(=O)NCC(Cc2ccc3ccccc3c2)C(=O)O)cnn1C(C)C. The Morgan fingerprint density at radius 2 is 1.86 bits per heavy atom. The van der Waals surface area contributed by atoms with Crippen LogP contribution in [0.15, 0.2) is 48.7 Å². The highest BCUT2D eigenvalue weighted by molar-refractivity contribution is 5.95. The minimum Gasteiger partial charge on any atom is -0.481 e. The molecule has 0 saturated carbocycles. The van der Waals surface area contributed by atoms with Crippen molar-refractivity contribution in [3.8, 4) is 0 Å². The molecule has 0 bridgehead atoms. The van der Waals surface area contributed by atoms with Crippen molar-refractivity contribution in [1.29, 1.82) is 0 Å². The largest absolute Gasteiger partial charge is 0.481 e. The van der Waals surface area contributed by atoms with E-state index < -0.39 is 11.9 Å². The molecular weight excluding hydrogens is 354 g/mol. The molecule has 1 aromatic heterocycles. The third kappa shape index (κ3) is 4.22. The highest BCUT2D eigenvalue weighted by Gasteiger charge is 2.21. The van der Waals surface area contributed by atoms with Gasteiger partial charge < -0.3 is 10.4 Å². The van der Waals surface area contributed by atoms with Crippen LogP contribution in [0.5, 0.6) is 0 Å². The molecule has 0 aliphatic rings. The van der Waals surface area contributed by atoms with Gasteiger partial charge in [-0.1, -0.05) is 42.5 Å². The predicted octanol–water partition coefficient (Wildman–Crippen LogP) is 3.60. The molecule has 2 aromatic carbocycles. The van der Waals surface area contributed by atoms with E-state index in [0.717, 1.165) is 22.0 Å². The molecule has 6 heteroatoms. The van der Waals surface area contributed by atoms with E-state index in [1.165, 1.54) is 6.20 Å². The van der Waals surface area contributed by atoms with Gasteiger partial charge in [0.25, 0.3) is 5.91 Å². The van der Waals surface area contributed by atoms with Crippen LogP contribution in [0.2, 0.25) is 0 Å². The van der Waals surface area contributed by atoms with Gasteiger partial charge in [-0.25, -0.2) is 0 Å². The number of aliphatic carboxylic acids is 1. The van der Waals surface area contributed by atoms with Gasteiger partial charge in [-0.2, -0.15) is 5.10 Å². The van der Waals surface area contributed by atoms with Crippen molar-refractivity contribution in [3.63, 3.8) is 0 Å². The molecule has 2 N–H and O–H groups in total. The van der Waals surface area contributed by atoms with E-state index in [2.05, 4.69) is 10.4 Å². The first kappa shape index (κ1) is 19.6. The highest BCUT2D eigenvalue weighted by atomic mass is 16.4. The first-order valence-corrected chi connectivity index (χ1v) is 9.39. The molecule has 3 aromatic rings. The summed E-state index contributed by atoms with van der Waals surface area (Å²) in [5, 5.41) is 18.8. The first-order valence-electron chi connectivity index (χ1n) is 9.39. The topological polar surface area (TPSA) is 84.2 Å². The van der Waals surface area contributed by atoms with Crippen LogP contribution in [-0.2, 0) is 11.2 Å². The number of carbonyl (C=O) groups is 2. The van der Waals surface area contributed by atoms with Gasteiger partial charge in [0.2, 0.25) is 0 Å². The molecule has 6 nitrogen and oxygen atoms in total. The molecular formula is C22H25N3O3. The maximum absolute atomic E-state index is 12.5. The summed E-state index contributed by atoms with van der Waals surface area (Å²) in [4.78, 5) is 24.2. The summed E-state index contributed by atoms with van der Waals surface area (Å²) in [7, 11) is 0. The number of hydrogen-bond donors (Lipinski definition) is 2. The number of hydrogen-bond acceptors (Lipinski definition) is 3. The second-order valence-electron chi connectivity index (χ2n) is 7.31. The maximum atomic E-state index is 12.5. The predicted molar refractivity (Wildman–Crippen MR) is 108 cm³/mol. The molecule has 1 unspecified atom stereocenters. The lowest BCUT2D eigenvalue weighted by molar-refractivity contribution is -0.141. The van der Waals surface area contributed by atoms with E-state index in [0.29, 0.717) is 12.0 Å². The van der Waals surface area contributed by atoms with Crippen molar-refractivity contribution in [2.45, 2.75) is 33.2 Å². The van der Waals surface area contributed by atoms with Gasteiger partial charge in [0, 0.05) is 18.3 Å². The van der Waals surface area contributed by atoms with Crippen LogP contribution < -0.4 is 5.32 Å². The second-order valence-corrected chi connectivity index (χ2v) is 7.31. The fraction of sp³-hybridized carbons (Fsp3) is 0.318. The van der Waals surface area contributed by atoms with E-state index >= 15 is 0 Å². The average molecular weight is 379 g/mol. The number of rotatable bonds is 7. The quantitative estimate of drug-likeness (QED) is 0.657. The van der Waals surface area contributed by atoms with E-state index in [4.69, 9.17) is 0 Å². The lowest BCUT2D eigenvalue weighted by atomic mass is 9.97. The number of carboxylic acids is 1. The molecule has 1 heterocycles. The smallest absolute Gasteiger partial charge is 0.308 e. The van der Waals surface area contributed by atoms with Crippen LogP contribution in [0, 0.1) is 12.8 Å². The minimum atomic E-state index is -0.928. The van der Waals surface area contributed by atoms with Gasteiger partial charge >= 0.3 is 5.97 Å². The number of aromatic nitrogens is 2. The third-order valence-corrected chi connectivity index (χ3v) is 4.93. The number of nitrogens with zero attached hydrogens (tertiary/aromatic N) is 2. The Kier molecular flexibility index (Phi) is 5.78. The molecule has 0 fully saturated rings. The molecule has 0 saturated heterocycles. The van der Waals surface area contributed by atoms with Crippen LogP contribution in [0.4, 0.5) is 0 Å². The van der Waals surface area contributed by atoms with Gasteiger partial charge in [-0.05, 0) is 43.5 Å². The van der Waals surface area contributed by atoms with E-state index in [-0.39, 0.29) is 18.5 Å². The number of carbonyl (C=O) groups excluding carboxylic acids is 1. The van der Waals surface area contributed by atoms with Crippen molar-refractivity contribution >= 4 is 22.6 Å².